The summed E-state index contributed by atoms with van der Waals surface area (Å²) in [5.41, 5.74) is 7.45. The van der Waals surface area contributed by atoms with Crippen LogP contribution in [0.3, 0.4) is 0 Å². The average molecular weight is 236 g/mol. The predicted octanol–water partition coefficient (Wildman–Crippen LogP) is 1.75. The van der Waals surface area contributed by atoms with E-state index >= 15 is 0 Å². The molecule has 2 N–H and O–H groups in total. The highest BCUT2D eigenvalue weighted by Gasteiger charge is 2.15. The molecule has 1 heterocycles. The Morgan fingerprint density at radius 3 is 2.47 bits per heavy atom. The van der Waals surface area contributed by atoms with E-state index in [4.69, 9.17) is 5.73 Å². The lowest BCUT2D eigenvalue weighted by atomic mass is 10.2. The third kappa shape index (κ3) is 3.60. The van der Waals surface area contributed by atoms with Crippen LogP contribution < -0.4 is 10.6 Å². The molecule has 0 saturated carbocycles. The van der Waals surface area contributed by atoms with Crippen molar-refractivity contribution in [2.24, 2.45) is 0 Å². The molecule has 0 amide bonds. The van der Waals surface area contributed by atoms with E-state index in [2.05, 4.69) is 42.7 Å². The SMILES string of the molecule is CCN(c1ccc(N)c(C)n1)C(C)CN(C)C. The van der Waals surface area contributed by atoms with Crippen molar-refractivity contribution in [3.05, 3.63) is 17.8 Å². The normalized spacial score (nSPS) is 12.8. The highest BCUT2D eigenvalue weighted by molar-refractivity contribution is 5.50. The molecular weight excluding hydrogens is 212 g/mol. The molecule has 0 bridgehead atoms. The molecule has 17 heavy (non-hydrogen) atoms. The number of aromatic nitrogens is 1. The van der Waals surface area contributed by atoms with Crippen LogP contribution >= 0.6 is 0 Å². The molecule has 1 unspecified atom stereocenters. The third-order valence-electron chi connectivity index (χ3n) is 2.91. The van der Waals surface area contributed by atoms with Crippen LogP contribution in [-0.4, -0.2) is 43.1 Å². The summed E-state index contributed by atoms with van der Waals surface area (Å²) in [6, 6.07) is 4.37. The number of likely N-dealkylation sites (N-methyl/N-ethyl adjacent to an activating group) is 2. The van der Waals surface area contributed by atoms with Crippen LogP contribution in [-0.2, 0) is 0 Å². The number of nitrogen functional groups attached to an aromatic ring is 1. The molecule has 0 aliphatic heterocycles. The van der Waals surface area contributed by atoms with Crippen LogP contribution in [0.2, 0.25) is 0 Å². The lowest BCUT2D eigenvalue weighted by molar-refractivity contribution is 0.372. The summed E-state index contributed by atoms with van der Waals surface area (Å²) in [6.45, 7) is 8.28. The van der Waals surface area contributed by atoms with Crippen LogP contribution in [0, 0.1) is 6.92 Å². The van der Waals surface area contributed by atoms with E-state index in [9.17, 15) is 0 Å². The van der Waals surface area contributed by atoms with Crippen molar-refractivity contribution in [1.29, 1.82) is 0 Å². The first-order chi connectivity index (χ1) is 7.95. The van der Waals surface area contributed by atoms with Gasteiger partial charge in [0.2, 0.25) is 0 Å². The number of nitrogens with zero attached hydrogens (tertiary/aromatic N) is 3. The molecule has 1 rings (SSSR count). The zero-order valence-corrected chi connectivity index (χ0v) is 11.6. The fourth-order valence-electron chi connectivity index (χ4n) is 2.04. The van der Waals surface area contributed by atoms with Crippen LogP contribution in [0.4, 0.5) is 11.5 Å². The molecule has 96 valence electrons. The van der Waals surface area contributed by atoms with E-state index < -0.39 is 0 Å². The van der Waals surface area contributed by atoms with E-state index in [1.165, 1.54) is 0 Å². The Bertz CT molecular complexity index is 362. The van der Waals surface area contributed by atoms with Crippen molar-refractivity contribution in [3.8, 4) is 0 Å². The van der Waals surface area contributed by atoms with Crippen molar-refractivity contribution in [2.45, 2.75) is 26.8 Å². The molecule has 1 aromatic heterocycles. The summed E-state index contributed by atoms with van der Waals surface area (Å²) in [7, 11) is 4.18. The van der Waals surface area contributed by atoms with Gasteiger partial charge in [-0.2, -0.15) is 0 Å². The average Bonchev–Trinajstić information content (AvgIpc) is 2.23. The van der Waals surface area contributed by atoms with Gasteiger partial charge in [0.25, 0.3) is 0 Å². The summed E-state index contributed by atoms with van der Waals surface area (Å²) in [5.74, 6) is 1.01. The zero-order chi connectivity index (χ0) is 13.0. The van der Waals surface area contributed by atoms with Gasteiger partial charge in [-0.1, -0.05) is 0 Å². The van der Waals surface area contributed by atoms with Gasteiger partial charge in [-0.25, -0.2) is 4.98 Å². The summed E-state index contributed by atoms with van der Waals surface area (Å²) in [4.78, 5) is 9.04. The van der Waals surface area contributed by atoms with E-state index in [0.717, 1.165) is 30.3 Å². The third-order valence-corrected chi connectivity index (χ3v) is 2.91. The van der Waals surface area contributed by atoms with Gasteiger partial charge in [-0.3, -0.25) is 0 Å². The number of nitrogens with two attached hydrogens (primary N) is 1. The zero-order valence-electron chi connectivity index (χ0n) is 11.6. The molecule has 4 nitrogen and oxygen atoms in total. The predicted molar refractivity (Wildman–Crippen MR) is 74.4 cm³/mol. The first-order valence-electron chi connectivity index (χ1n) is 6.10. The number of hydrogen-bond donors (Lipinski definition) is 1. The number of pyridine rings is 1. The minimum atomic E-state index is 0.436. The van der Waals surface area contributed by atoms with Crippen molar-refractivity contribution in [2.75, 3.05) is 37.8 Å². The van der Waals surface area contributed by atoms with Gasteiger partial charge >= 0.3 is 0 Å². The molecular formula is C13H24N4. The second-order valence-corrected chi connectivity index (χ2v) is 4.74. The van der Waals surface area contributed by atoms with Crippen LogP contribution in [0.15, 0.2) is 12.1 Å². The highest BCUT2D eigenvalue weighted by atomic mass is 15.2. The molecule has 0 aromatic carbocycles. The molecule has 0 fully saturated rings. The number of aryl methyl sites for hydroxylation is 1. The lowest BCUT2D eigenvalue weighted by Crippen LogP contribution is -2.40. The molecule has 1 atom stereocenters. The van der Waals surface area contributed by atoms with Gasteiger partial charge in [0.05, 0.1) is 11.4 Å². The van der Waals surface area contributed by atoms with Crippen molar-refractivity contribution in [3.63, 3.8) is 0 Å². The molecule has 0 aliphatic carbocycles. The smallest absolute Gasteiger partial charge is 0.129 e. The standard InChI is InChI=1S/C13H24N4/c1-6-17(10(2)9-16(4)5)13-8-7-12(14)11(3)15-13/h7-8,10H,6,9,14H2,1-5H3. The Hall–Kier alpha value is -1.29. The van der Waals surface area contributed by atoms with E-state index in [-0.39, 0.29) is 0 Å². The Kier molecular flexibility index (Phi) is 4.75. The summed E-state index contributed by atoms with van der Waals surface area (Å²) < 4.78 is 0. The minimum Gasteiger partial charge on any atom is -0.397 e. The van der Waals surface area contributed by atoms with Gasteiger partial charge in [0.1, 0.15) is 5.82 Å². The summed E-state index contributed by atoms with van der Waals surface area (Å²) in [6.07, 6.45) is 0. The number of anilines is 2. The van der Waals surface area contributed by atoms with Gasteiger partial charge in [0.15, 0.2) is 0 Å². The monoisotopic (exact) mass is 236 g/mol. The van der Waals surface area contributed by atoms with E-state index in [1.807, 2.05) is 19.1 Å². The Morgan fingerprint density at radius 1 is 1.35 bits per heavy atom. The highest BCUT2D eigenvalue weighted by Crippen LogP contribution is 2.18. The fourth-order valence-corrected chi connectivity index (χ4v) is 2.04. The Morgan fingerprint density at radius 2 is 2.00 bits per heavy atom. The Labute approximate surface area is 104 Å². The molecule has 0 radical (unpaired) electrons. The van der Waals surface area contributed by atoms with Crippen LogP contribution in [0.1, 0.15) is 19.5 Å². The topological polar surface area (TPSA) is 45.4 Å². The van der Waals surface area contributed by atoms with E-state index in [0.29, 0.717) is 6.04 Å². The summed E-state index contributed by atoms with van der Waals surface area (Å²) >= 11 is 0. The van der Waals surface area contributed by atoms with Gasteiger partial charge < -0.3 is 15.5 Å². The van der Waals surface area contributed by atoms with Crippen molar-refractivity contribution >= 4 is 11.5 Å². The lowest BCUT2D eigenvalue weighted by Gasteiger charge is -2.31. The van der Waals surface area contributed by atoms with Crippen LogP contribution in [0.5, 0.6) is 0 Å². The van der Waals surface area contributed by atoms with Crippen LogP contribution in [0.25, 0.3) is 0 Å². The number of hydrogen-bond acceptors (Lipinski definition) is 4. The largest absolute Gasteiger partial charge is 0.397 e. The molecule has 0 saturated heterocycles. The quantitative estimate of drug-likeness (QED) is 0.846. The molecule has 1 aromatic rings. The first kappa shape index (κ1) is 13.8. The van der Waals surface area contributed by atoms with E-state index in [1.54, 1.807) is 0 Å². The van der Waals surface area contributed by atoms with Gasteiger partial charge in [-0.05, 0) is 47.0 Å². The van der Waals surface area contributed by atoms with Gasteiger partial charge in [-0.15, -0.1) is 0 Å². The summed E-state index contributed by atoms with van der Waals surface area (Å²) in [5, 5.41) is 0. The maximum Gasteiger partial charge on any atom is 0.129 e. The first-order valence-corrected chi connectivity index (χ1v) is 6.10. The molecule has 0 aliphatic rings. The maximum atomic E-state index is 5.80. The minimum absolute atomic E-state index is 0.436. The Balaban J connectivity index is 2.89. The fraction of sp³-hybridized carbons (Fsp3) is 0.615. The maximum absolute atomic E-state index is 5.80. The second-order valence-electron chi connectivity index (χ2n) is 4.74. The second kappa shape index (κ2) is 5.87. The number of rotatable bonds is 5. The molecule has 4 heteroatoms. The van der Waals surface area contributed by atoms with Crippen molar-refractivity contribution in [1.82, 2.24) is 9.88 Å². The van der Waals surface area contributed by atoms with Crippen molar-refractivity contribution < 1.29 is 0 Å². The van der Waals surface area contributed by atoms with Gasteiger partial charge in [0, 0.05) is 19.1 Å². The molecule has 0 spiro atoms.